The van der Waals surface area contributed by atoms with E-state index in [-0.39, 0.29) is 54.6 Å². The molecule has 0 saturated heterocycles. The minimum Gasteiger partial charge on any atom is -0.460 e. The molecule has 1 atom stereocenters. The number of sulfonamides is 1. The highest BCUT2D eigenvalue weighted by atomic mass is 32.2. The molecule has 8 nitrogen and oxygen atoms in total. The van der Waals surface area contributed by atoms with E-state index in [0.717, 1.165) is 16.7 Å². The molecule has 1 fully saturated rings. The number of anilines is 2. The number of rotatable bonds is 7. The van der Waals surface area contributed by atoms with Crippen LogP contribution in [0.25, 0.3) is 11.3 Å². The average Bonchev–Trinajstić information content (AvgIpc) is 3.75. The van der Waals surface area contributed by atoms with Gasteiger partial charge in [-0.2, -0.15) is 18.2 Å². The number of aryl methyl sites for hydroxylation is 2. The van der Waals surface area contributed by atoms with Crippen LogP contribution < -0.4 is 9.62 Å². The summed E-state index contributed by atoms with van der Waals surface area (Å²) in [5, 5.41) is 0. The first-order chi connectivity index (χ1) is 20.7. The van der Waals surface area contributed by atoms with Gasteiger partial charge in [-0.3, -0.25) is 0 Å². The third kappa shape index (κ3) is 6.69. The second-order valence-electron chi connectivity index (χ2n) is 12.3. The molecule has 5 rings (SSSR count). The third-order valence-electron chi connectivity index (χ3n) is 8.56. The number of hydrogen-bond acceptors (Lipinski definition) is 7. The van der Waals surface area contributed by atoms with E-state index in [1.54, 1.807) is 6.07 Å². The summed E-state index contributed by atoms with van der Waals surface area (Å²) < 4.78 is 77.0. The highest BCUT2D eigenvalue weighted by Crippen LogP contribution is 2.60. The fourth-order valence-corrected chi connectivity index (χ4v) is 6.67. The Morgan fingerprint density at radius 1 is 1.07 bits per heavy atom. The molecule has 44 heavy (non-hydrogen) atoms. The SMILES string of the molecule is Cc1cccc(C)c1-c1cc2nc(n1)NS(=O)(=O)c1cccc(c1)C(=O)OCC(CCC1(C(F)(F)F)CC1)N2CCC(C)C. The van der Waals surface area contributed by atoms with Crippen molar-refractivity contribution < 1.29 is 31.1 Å². The van der Waals surface area contributed by atoms with Crippen LogP contribution in [-0.2, 0) is 14.8 Å². The van der Waals surface area contributed by atoms with Crippen molar-refractivity contribution in [1.29, 1.82) is 0 Å². The van der Waals surface area contributed by atoms with Crippen LogP contribution in [0.1, 0.15) is 67.4 Å². The second kappa shape index (κ2) is 12.0. The van der Waals surface area contributed by atoms with Crippen molar-refractivity contribution in [2.75, 3.05) is 22.8 Å². The van der Waals surface area contributed by atoms with Crippen LogP contribution in [0.3, 0.4) is 0 Å². The Hall–Kier alpha value is -3.67. The van der Waals surface area contributed by atoms with Crippen LogP contribution in [0, 0.1) is 25.2 Å². The molecule has 1 aliphatic carbocycles. The highest BCUT2D eigenvalue weighted by molar-refractivity contribution is 7.92. The Kier molecular flexibility index (Phi) is 8.67. The van der Waals surface area contributed by atoms with Gasteiger partial charge in [-0.05, 0) is 81.2 Å². The normalized spacial score (nSPS) is 19.3. The lowest BCUT2D eigenvalue weighted by Gasteiger charge is -2.34. The van der Waals surface area contributed by atoms with Gasteiger partial charge in [0.25, 0.3) is 10.0 Å². The molecule has 0 radical (unpaired) electrons. The maximum atomic E-state index is 14.0. The largest absolute Gasteiger partial charge is 0.460 e. The first-order valence-electron chi connectivity index (χ1n) is 14.8. The molecule has 236 valence electrons. The van der Waals surface area contributed by atoms with E-state index in [2.05, 4.69) is 14.7 Å². The lowest BCUT2D eigenvalue weighted by atomic mass is 9.95. The summed E-state index contributed by atoms with van der Waals surface area (Å²) in [6.45, 7) is 8.11. The Morgan fingerprint density at radius 3 is 2.39 bits per heavy atom. The number of nitrogens with zero attached hydrogens (tertiary/aromatic N) is 3. The Bertz CT molecular complexity index is 1640. The number of carbonyl (C=O) groups is 1. The van der Waals surface area contributed by atoms with Crippen LogP contribution in [0.2, 0.25) is 0 Å². The molecule has 1 unspecified atom stereocenters. The Morgan fingerprint density at radius 2 is 1.75 bits per heavy atom. The van der Waals surface area contributed by atoms with Crippen LogP contribution in [0.15, 0.2) is 53.4 Å². The number of cyclic esters (lactones) is 1. The molecule has 2 aliphatic rings. The average molecular weight is 631 g/mol. The van der Waals surface area contributed by atoms with E-state index < -0.39 is 33.6 Å². The predicted octanol–water partition coefficient (Wildman–Crippen LogP) is 7.08. The molecule has 4 bridgehead atoms. The van der Waals surface area contributed by atoms with Gasteiger partial charge < -0.3 is 9.64 Å². The number of halogens is 3. The quantitative estimate of drug-likeness (QED) is 0.279. The van der Waals surface area contributed by atoms with Crippen molar-refractivity contribution in [3.05, 3.63) is 65.2 Å². The molecule has 12 heteroatoms. The number of esters is 1. The lowest BCUT2D eigenvalue weighted by molar-refractivity contribution is -0.189. The molecule has 2 heterocycles. The summed E-state index contributed by atoms with van der Waals surface area (Å²) >= 11 is 0. The van der Waals surface area contributed by atoms with Gasteiger partial charge >= 0.3 is 12.1 Å². The van der Waals surface area contributed by atoms with Gasteiger partial charge in [0.1, 0.15) is 12.4 Å². The minimum absolute atomic E-state index is 0.0115. The predicted molar refractivity (Wildman–Crippen MR) is 162 cm³/mol. The van der Waals surface area contributed by atoms with Gasteiger partial charge in [0.05, 0.1) is 27.6 Å². The summed E-state index contributed by atoms with van der Waals surface area (Å²) in [6, 6.07) is 12.2. The summed E-state index contributed by atoms with van der Waals surface area (Å²) in [4.78, 5) is 24.0. The zero-order valence-electron chi connectivity index (χ0n) is 25.2. The van der Waals surface area contributed by atoms with Crippen molar-refractivity contribution in [3.8, 4) is 11.3 Å². The van der Waals surface area contributed by atoms with E-state index in [1.807, 2.05) is 50.8 Å². The van der Waals surface area contributed by atoms with E-state index in [1.165, 1.54) is 24.3 Å². The summed E-state index contributed by atoms with van der Waals surface area (Å²) in [7, 11) is -4.22. The summed E-state index contributed by atoms with van der Waals surface area (Å²) in [5.41, 5.74) is 1.35. The number of alkyl halides is 3. The molecule has 3 aromatic rings. The van der Waals surface area contributed by atoms with Gasteiger partial charge in [-0.25, -0.2) is 22.9 Å². The van der Waals surface area contributed by atoms with E-state index in [0.29, 0.717) is 24.5 Å². The maximum absolute atomic E-state index is 14.0. The molecule has 1 aromatic heterocycles. The smallest absolute Gasteiger partial charge is 0.394 e. The van der Waals surface area contributed by atoms with E-state index in [9.17, 15) is 26.4 Å². The zero-order chi connectivity index (χ0) is 31.9. The monoisotopic (exact) mass is 630 g/mol. The molecule has 1 saturated carbocycles. The third-order valence-corrected chi connectivity index (χ3v) is 9.88. The van der Waals surface area contributed by atoms with Crippen molar-refractivity contribution in [2.24, 2.45) is 11.3 Å². The van der Waals surface area contributed by atoms with Gasteiger partial charge in [0.2, 0.25) is 5.95 Å². The van der Waals surface area contributed by atoms with Gasteiger partial charge in [0.15, 0.2) is 0 Å². The van der Waals surface area contributed by atoms with Crippen molar-refractivity contribution >= 4 is 27.8 Å². The van der Waals surface area contributed by atoms with E-state index >= 15 is 0 Å². The molecule has 2 aromatic carbocycles. The van der Waals surface area contributed by atoms with Gasteiger partial charge in [-0.15, -0.1) is 0 Å². The van der Waals surface area contributed by atoms with Crippen molar-refractivity contribution in [3.63, 3.8) is 0 Å². The number of aromatic nitrogens is 2. The van der Waals surface area contributed by atoms with Crippen molar-refractivity contribution in [1.82, 2.24) is 9.97 Å². The fraction of sp³-hybridized carbons (Fsp3) is 0.469. The molecular weight excluding hydrogens is 593 g/mol. The number of fused-ring (bicyclic) bond motifs is 4. The number of ether oxygens (including phenoxy) is 1. The standard InChI is InChI=1S/C32H37F3N4O4S/c1-20(2)12-16-39-24(11-13-31(14-15-31)32(33,34)35)19-43-29(40)23-9-6-10-25(17-23)44(41,42)38-30-36-26(18-27(39)37-30)28-21(3)7-5-8-22(28)4/h5-10,17-18,20,24H,11-16,19H2,1-4H3,(H,36,37,38). The maximum Gasteiger partial charge on any atom is 0.394 e. The van der Waals surface area contributed by atoms with Crippen LogP contribution in [-0.4, -0.2) is 49.7 Å². The summed E-state index contributed by atoms with van der Waals surface area (Å²) in [5.74, 6) is -0.368. The molecule has 0 amide bonds. The van der Waals surface area contributed by atoms with E-state index in [4.69, 9.17) is 4.74 Å². The lowest BCUT2D eigenvalue weighted by Crippen LogP contribution is -2.42. The first kappa shape index (κ1) is 31.7. The number of hydrogen-bond donors (Lipinski definition) is 1. The van der Waals surface area contributed by atoms with Crippen LogP contribution >= 0.6 is 0 Å². The number of carbonyl (C=O) groups excluding carboxylic acids is 1. The molecule has 0 spiro atoms. The first-order valence-corrected chi connectivity index (χ1v) is 16.3. The summed E-state index contributed by atoms with van der Waals surface area (Å²) in [6.07, 6.45) is -3.56. The fourth-order valence-electron chi connectivity index (χ4n) is 5.68. The van der Waals surface area contributed by atoms with Crippen LogP contribution in [0.4, 0.5) is 24.9 Å². The van der Waals surface area contributed by atoms with Crippen LogP contribution in [0.5, 0.6) is 0 Å². The van der Waals surface area contributed by atoms with Gasteiger partial charge in [-0.1, -0.05) is 38.1 Å². The Labute approximate surface area is 256 Å². The zero-order valence-corrected chi connectivity index (χ0v) is 26.1. The molecule has 1 N–H and O–H groups in total. The number of benzene rings is 2. The topological polar surface area (TPSA) is 101 Å². The van der Waals surface area contributed by atoms with Gasteiger partial charge in [0, 0.05) is 18.2 Å². The Balaban J connectivity index is 1.68. The molecular formula is C32H37F3N4O4S. The molecule has 1 aliphatic heterocycles. The second-order valence-corrected chi connectivity index (χ2v) is 14.0. The highest BCUT2D eigenvalue weighted by Gasteiger charge is 2.62. The minimum atomic E-state index is -4.33. The van der Waals surface area contributed by atoms with Crippen molar-refractivity contribution in [2.45, 2.75) is 76.9 Å². The number of nitrogens with one attached hydrogen (secondary N) is 1.